The molecule has 0 N–H and O–H groups in total. The molecule has 0 saturated heterocycles. The van der Waals surface area contributed by atoms with E-state index in [1.165, 1.54) is 0 Å². The summed E-state index contributed by atoms with van der Waals surface area (Å²) >= 11 is 0. The van der Waals surface area contributed by atoms with Gasteiger partial charge in [0.2, 0.25) is 0 Å². The SMILES string of the molecule is CCOc1bccc(C)c1OCC. The molecule has 1 heterocycles. The monoisotopic (exact) mass is 178 g/mol. The van der Waals surface area contributed by atoms with Gasteiger partial charge < -0.3 is 0 Å². The quantitative estimate of drug-likeness (QED) is 0.702. The fourth-order valence-corrected chi connectivity index (χ4v) is 1.22. The fraction of sp³-hybridized carbons (Fsp3) is 0.500. The summed E-state index contributed by atoms with van der Waals surface area (Å²) in [5, 5.41) is 0. The Morgan fingerprint density at radius 2 is 1.92 bits per heavy atom. The molecule has 0 aliphatic carbocycles. The average molecular weight is 178 g/mol. The van der Waals surface area contributed by atoms with Gasteiger partial charge in [0, 0.05) is 0 Å². The van der Waals surface area contributed by atoms with Crippen molar-refractivity contribution in [1.82, 2.24) is 0 Å². The zero-order chi connectivity index (χ0) is 9.68. The summed E-state index contributed by atoms with van der Waals surface area (Å²) in [5.74, 6) is 2.84. The molecule has 0 amide bonds. The maximum atomic E-state index is 5.50. The third-order valence-electron chi connectivity index (χ3n) is 1.76. The molecule has 1 aromatic rings. The van der Waals surface area contributed by atoms with Crippen LogP contribution in [0.2, 0.25) is 0 Å². The van der Waals surface area contributed by atoms with E-state index in [-0.39, 0.29) is 0 Å². The van der Waals surface area contributed by atoms with Crippen molar-refractivity contribution in [2.75, 3.05) is 13.2 Å². The van der Waals surface area contributed by atoms with Crippen LogP contribution in [-0.4, -0.2) is 20.1 Å². The van der Waals surface area contributed by atoms with Gasteiger partial charge >= 0.3 is 79.4 Å². The molecule has 2 nitrogen and oxygen atoms in total. The van der Waals surface area contributed by atoms with Crippen molar-refractivity contribution in [3.05, 3.63) is 17.6 Å². The molecule has 1 aromatic heterocycles. The van der Waals surface area contributed by atoms with Crippen LogP contribution in [0.1, 0.15) is 19.4 Å². The van der Waals surface area contributed by atoms with Gasteiger partial charge in [0.05, 0.1) is 0 Å². The number of rotatable bonds is 4. The molecule has 0 aromatic carbocycles. The molecule has 13 heavy (non-hydrogen) atoms. The van der Waals surface area contributed by atoms with Crippen molar-refractivity contribution in [3.8, 4) is 11.4 Å². The Hall–Kier alpha value is -0.985. The summed E-state index contributed by atoms with van der Waals surface area (Å²) < 4.78 is 10.9. The second-order valence-electron chi connectivity index (χ2n) is 2.77. The van der Waals surface area contributed by atoms with Crippen molar-refractivity contribution < 1.29 is 9.47 Å². The summed E-state index contributed by atoms with van der Waals surface area (Å²) in [6.07, 6.45) is 0. The molecule has 0 unspecified atom stereocenters. The van der Waals surface area contributed by atoms with Gasteiger partial charge in [-0.15, -0.1) is 0 Å². The predicted molar refractivity (Wildman–Crippen MR) is 54.9 cm³/mol. The molecular weight excluding hydrogens is 163 g/mol. The number of aryl methyl sites for hydroxylation is 1. The van der Waals surface area contributed by atoms with E-state index in [0.717, 1.165) is 17.0 Å². The van der Waals surface area contributed by atoms with E-state index in [1.807, 2.05) is 39.7 Å². The van der Waals surface area contributed by atoms with Crippen LogP contribution >= 0.6 is 0 Å². The number of hydrogen-bond acceptors (Lipinski definition) is 2. The van der Waals surface area contributed by atoms with Gasteiger partial charge in [-0.2, -0.15) is 0 Å². The van der Waals surface area contributed by atoms with Crippen LogP contribution in [0, 0.1) is 6.92 Å². The van der Waals surface area contributed by atoms with Crippen LogP contribution in [0.4, 0.5) is 0 Å². The average Bonchev–Trinajstić information content (AvgIpc) is 2.11. The van der Waals surface area contributed by atoms with Crippen molar-refractivity contribution in [1.29, 1.82) is 0 Å². The minimum atomic E-state index is 0.670. The van der Waals surface area contributed by atoms with Gasteiger partial charge in [0.25, 0.3) is 0 Å². The summed E-state index contributed by atoms with van der Waals surface area (Å²) in [5.41, 5.74) is 1.96. The Bertz CT molecular complexity index is 274. The Morgan fingerprint density at radius 1 is 1.23 bits per heavy atom. The van der Waals surface area contributed by atoms with E-state index in [2.05, 4.69) is 0 Å². The van der Waals surface area contributed by atoms with E-state index >= 15 is 0 Å². The second-order valence-corrected chi connectivity index (χ2v) is 2.77. The minimum absolute atomic E-state index is 0.670. The molecule has 0 saturated carbocycles. The summed E-state index contributed by atoms with van der Waals surface area (Å²) in [4.78, 5) is 0. The zero-order valence-electron chi connectivity index (χ0n) is 8.46. The van der Waals surface area contributed by atoms with Crippen LogP contribution in [0.5, 0.6) is 11.4 Å². The molecule has 3 heteroatoms. The number of ether oxygens (including phenoxy) is 2. The topological polar surface area (TPSA) is 18.5 Å². The van der Waals surface area contributed by atoms with Crippen molar-refractivity contribution in [3.63, 3.8) is 0 Å². The molecule has 0 aliphatic heterocycles. The molecule has 1 rings (SSSR count). The Morgan fingerprint density at radius 3 is 2.54 bits per heavy atom. The van der Waals surface area contributed by atoms with Gasteiger partial charge in [0.15, 0.2) is 0 Å². The van der Waals surface area contributed by atoms with Crippen molar-refractivity contribution in [2.45, 2.75) is 20.8 Å². The molecular formula is C10H15BO2. The standard InChI is InChI=1S/C10H15BO2/c1-4-12-9-8(3)6-7-11-10(9)13-5-2/h6-7H,4-5H2,1-3H3. The van der Waals surface area contributed by atoms with E-state index in [1.54, 1.807) is 0 Å². The van der Waals surface area contributed by atoms with Crippen LogP contribution in [-0.2, 0) is 0 Å². The predicted octanol–water partition coefficient (Wildman–Crippen LogP) is 2.13. The first-order chi connectivity index (χ1) is 6.29. The maximum absolute atomic E-state index is 5.50. The fourth-order valence-electron chi connectivity index (χ4n) is 1.22. The van der Waals surface area contributed by atoms with E-state index in [0.29, 0.717) is 13.2 Å². The molecule has 0 aliphatic rings. The van der Waals surface area contributed by atoms with Gasteiger partial charge in [0.1, 0.15) is 0 Å². The van der Waals surface area contributed by atoms with Crippen LogP contribution in [0.25, 0.3) is 0 Å². The first kappa shape index (κ1) is 10.1. The normalized spacial score (nSPS) is 9.46. The van der Waals surface area contributed by atoms with Crippen LogP contribution in [0.3, 0.4) is 0 Å². The molecule has 0 bridgehead atoms. The van der Waals surface area contributed by atoms with Crippen molar-refractivity contribution >= 4 is 6.91 Å². The summed E-state index contributed by atoms with van der Waals surface area (Å²) in [6.45, 7) is 9.24. The number of hydrogen-bond donors (Lipinski definition) is 0. The Labute approximate surface area is 80.1 Å². The van der Waals surface area contributed by atoms with Gasteiger partial charge in [-0.05, 0) is 0 Å². The first-order valence-corrected chi connectivity index (χ1v) is 4.64. The molecule has 0 radical (unpaired) electrons. The second kappa shape index (κ2) is 4.90. The first-order valence-electron chi connectivity index (χ1n) is 4.64. The molecule has 0 fully saturated rings. The van der Waals surface area contributed by atoms with Crippen LogP contribution < -0.4 is 9.47 Å². The van der Waals surface area contributed by atoms with E-state index in [9.17, 15) is 0 Å². The van der Waals surface area contributed by atoms with Crippen molar-refractivity contribution in [2.24, 2.45) is 0 Å². The van der Waals surface area contributed by atoms with Crippen LogP contribution in [0.15, 0.2) is 12.0 Å². The van der Waals surface area contributed by atoms with E-state index in [4.69, 9.17) is 9.47 Å². The Kier molecular flexibility index (Phi) is 3.81. The summed E-state index contributed by atoms with van der Waals surface area (Å²) in [7, 11) is 0. The van der Waals surface area contributed by atoms with Gasteiger partial charge in [-0.3, -0.25) is 0 Å². The van der Waals surface area contributed by atoms with Gasteiger partial charge in [-0.25, -0.2) is 0 Å². The summed E-state index contributed by atoms with van der Waals surface area (Å²) in [6, 6.07) is 2.02. The van der Waals surface area contributed by atoms with E-state index < -0.39 is 0 Å². The third kappa shape index (κ3) is 2.48. The molecule has 70 valence electrons. The molecule has 0 atom stereocenters. The zero-order valence-corrected chi connectivity index (χ0v) is 8.46. The van der Waals surface area contributed by atoms with Gasteiger partial charge in [-0.1, -0.05) is 0 Å². The third-order valence-corrected chi connectivity index (χ3v) is 1.76. The molecule has 0 spiro atoms. The Balaban J connectivity index is 2.95.